The molecule has 35 heavy (non-hydrogen) atoms. The fraction of sp³-hybridized carbons (Fsp3) is 0.375. The molecule has 4 heterocycles. The molecule has 0 bridgehead atoms. The highest BCUT2D eigenvalue weighted by molar-refractivity contribution is 5.92. The van der Waals surface area contributed by atoms with Crippen molar-refractivity contribution < 1.29 is 13.5 Å². The van der Waals surface area contributed by atoms with Crippen LogP contribution in [0.25, 0.3) is 22.2 Å². The zero-order valence-corrected chi connectivity index (χ0v) is 19.2. The predicted octanol–water partition coefficient (Wildman–Crippen LogP) is 3.17. The normalized spacial score (nSPS) is 20.5. The number of aromatic nitrogens is 6. The number of hydrogen-bond acceptors (Lipinski definition) is 7. The highest BCUT2D eigenvalue weighted by Gasteiger charge is 2.31. The number of aryl methyl sites for hydroxylation is 1. The van der Waals surface area contributed by atoms with Crippen LogP contribution in [0.15, 0.2) is 41.6 Å². The van der Waals surface area contributed by atoms with Crippen LogP contribution in [-0.4, -0.2) is 48.7 Å². The molecule has 2 atom stereocenters. The second kappa shape index (κ2) is 8.19. The van der Waals surface area contributed by atoms with Crippen LogP contribution in [0.2, 0.25) is 0 Å². The van der Waals surface area contributed by atoms with Crippen molar-refractivity contribution in [2.45, 2.75) is 38.0 Å². The summed E-state index contributed by atoms with van der Waals surface area (Å²) < 4.78 is 37.7. The molecular weight excluding hydrogens is 456 g/mol. The second-order valence-electron chi connectivity index (χ2n) is 9.16. The first-order valence-corrected chi connectivity index (χ1v) is 11.5. The summed E-state index contributed by atoms with van der Waals surface area (Å²) in [5.74, 6) is -1.21. The molecule has 6 rings (SSSR count). The van der Waals surface area contributed by atoms with E-state index in [1.165, 1.54) is 24.0 Å². The van der Waals surface area contributed by atoms with Gasteiger partial charge in [-0.05, 0) is 31.9 Å². The molecule has 2 fully saturated rings. The van der Waals surface area contributed by atoms with Crippen molar-refractivity contribution in [2.75, 3.05) is 18.0 Å². The van der Waals surface area contributed by atoms with Gasteiger partial charge in [0.05, 0.1) is 42.2 Å². The number of morpholine rings is 1. The lowest BCUT2D eigenvalue weighted by atomic mass is 10.1. The molecule has 9 nitrogen and oxygen atoms in total. The van der Waals surface area contributed by atoms with E-state index in [4.69, 9.17) is 4.74 Å². The molecule has 0 unspecified atom stereocenters. The maximum absolute atomic E-state index is 14.8. The van der Waals surface area contributed by atoms with E-state index in [0.29, 0.717) is 24.5 Å². The number of benzene rings is 1. The summed E-state index contributed by atoms with van der Waals surface area (Å²) in [6, 6.07) is 3.72. The molecule has 0 amide bonds. The summed E-state index contributed by atoms with van der Waals surface area (Å²) in [7, 11) is 1.52. The van der Waals surface area contributed by atoms with Crippen LogP contribution in [0.5, 0.6) is 0 Å². The van der Waals surface area contributed by atoms with Crippen molar-refractivity contribution in [3.63, 3.8) is 0 Å². The van der Waals surface area contributed by atoms with Crippen LogP contribution < -0.4 is 10.5 Å². The van der Waals surface area contributed by atoms with Gasteiger partial charge in [-0.1, -0.05) is 0 Å². The van der Waals surface area contributed by atoms with Gasteiger partial charge in [0.15, 0.2) is 0 Å². The van der Waals surface area contributed by atoms with Crippen LogP contribution in [0, 0.1) is 11.6 Å². The third-order valence-electron chi connectivity index (χ3n) is 6.43. The second-order valence-corrected chi connectivity index (χ2v) is 9.16. The van der Waals surface area contributed by atoms with Crippen molar-refractivity contribution in [3.05, 3.63) is 64.3 Å². The Balaban J connectivity index is 1.45. The number of rotatable bonds is 4. The highest BCUT2D eigenvalue weighted by atomic mass is 19.1. The molecule has 4 aromatic rings. The summed E-state index contributed by atoms with van der Waals surface area (Å²) in [5, 5.41) is 8.82. The molecule has 1 aliphatic heterocycles. The number of halogens is 2. The molecule has 11 heteroatoms. The van der Waals surface area contributed by atoms with Crippen molar-refractivity contribution in [2.24, 2.45) is 7.05 Å². The SMILES string of the molecule is C[C@@H]1CN(c2nc(-c3ccc(F)cc3F)c3cnn(C)c(=O)c3n2)C[C@H](c2cnn(C3CC3)c2)O1. The summed E-state index contributed by atoms with van der Waals surface area (Å²) >= 11 is 0. The van der Waals surface area contributed by atoms with Gasteiger partial charge in [0, 0.05) is 37.0 Å². The molecule has 2 aliphatic rings. The van der Waals surface area contributed by atoms with Crippen molar-refractivity contribution >= 4 is 16.9 Å². The molecular formula is C24H23F2N7O2. The first kappa shape index (κ1) is 21.8. The molecule has 0 spiro atoms. The molecule has 0 N–H and O–H groups in total. The Kier molecular flexibility index (Phi) is 5.10. The van der Waals surface area contributed by atoms with E-state index in [1.807, 2.05) is 28.9 Å². The molecule has 3 aromatic heterocycles. The largest absolute Gasteiger partial charge is 0.367 e. The predicted molar refractivity (Wildman–Crippen MR) is 124 cm³/mol. The smallest absolute Gasteiger partial charge is 0.293 e. The van der Waals surface area contributed by atoms with Gasteiger partial charge in [0.25, 0.3) is 5.56 Å². The fourth-order valence-corrected chi connectivity index (χ4v) is 4.48. The molecule has 180 valence electrons. The van der Waals surface area contributed by atoms with Gasteiger partial charge >= 0.3 is 0 Å². The van der Waals surface area contributed by atoms with E-state index >= 15 is 0 Å². The minimum atomic E-state index is -0.780. The average Bonchev–Trinajstić information content (AvgIpc) is 3.57. The van der Waals surface area contributed by atoms with Crippen LogP contribution >= 0.6 is 0 Å². The Hall–Kier alpha value is -3.73. The van der Waals surface area contributed by atoms with Crippen molar-refractivity contribution in [3.8, 4) is 11.3 Å². The third-order valence-corrected chi connectivity index (χ3v) is 6.43. The summed E-state index contributed by atoms with van der Waals surface area (Å²) in [4.78, 5) is 24.1. The van der Waals surface area contributed by atoms with Gasteiger partial charge in [-0.15, -0.1) is 0 Å². The lowest BCUT2D eigenvalue weighted by Crippen LogP contribution is -2.43. The standard InChI is InChI=1S/C24H23F2N7O2/c1-13-10-32(12-20(35-13)14-8-28-33(11-14)16-4-5-16)24-29-21(17-6-3-15(25)7-19(17)26)18-9-27-31(2)23(34)22(18)30-24/h3,6-9,11,13,16,20H,4-5,10,12H2,1-2H3/t13-,20-/m1/s1. The van der Waals surface area contributed by atoms with E-state index in [-0.39, 0.29) is 34.9 Å². The molecule has 0 radical (unpaired) electrons. The monoisotopic (exact) mass is 479 g/mol. The van der Waals surface area contributed by atoms with Gasteiger partial charge in [0.2, 0.25) is 5.95 Å². The summed E-state index contributed by atoms with van der Waals surface area (Å²) in [6.07, 6.45) is 7.11. The summed E-state index contributed by atoms with van der Waals surface area (Å²) in [6.45, 7) is 2.87. The van der Waals surface area contributed by atoms with Crippen LogP contribution in [0.1, 0.15) is 37.5 Å². The first-order valence-electron chi connectivity index (χ1n) is 11.5. The molecule has 1 saturated carbocycles. The van der Waals surface area contributed by atoms with Crippen LogP contribution in [0.3, 0.4) is 0 Å². The van der Waals surface area contributed by atoms with E-state index in [2.05, 4.69) is 20.2 Å². The topological polar surface area (TPSA) is 91.0 Å². The van der Waals surface area contributed by atoms with Gasteiger partial charge in [0.1, 0.15) is 23.3 Å². The Bertz CT molecular complexity index is 1500. The van der Waals surface area contributed by atoms with E-state index in [0.717, 1.165) is 30.5 Å². The minimum absolute atomic E-state index is 0.0682. The lowest BCUT2D eigenvalue weighted by molar-refractivity contribution is -0.0178. The van der Waals surface area contributed by atoms with E-state index in [1.54, 1.807) is 0 Å². The van der Waals surface area contributed by atoms with Crippen molar-refractivity contribution in [1.82, 2.24) is 29.5 Å². The summed E-state index contributed by atoms with van der Waals surface area (Å²) in [5.41, 5.74) is 0.893. The minimum Gasteiger partial charge on any atom is -0.367 e. The molecule has 1 saturated heterocycles. The Morgan fingerprint density at radius 3 is 2.69 bits per heavy atom. The Labute approximate surface area is 199 Å². The number of nitrogens with zero attached hydrogens (tertiary/aromatic N) is 7. The van der Waals surface area contributed by atoms with Crippen molar-refractivity contribution in [1.29, 1.82) is 0 Å². The zero-order valence-electron chi connectivity index (χ0n) is 19.2. The Morgan fingerprint density at radius 1 is 1.09 bits per heavy atom. The average molecular weight is 479 g/mol. The zero-order chi connectivity index (χ0) is 24.3. The molecule has 1 aliphatic carbocycles. The Morgan fingerprint density at radius 2 is 1.91 bits per heavy atom. The number of fused-ring (bicyclic) bond motifs is 1. The fourth-order valence-electron chi connectivity index (χ4n) is 4.48. The first-order chi connectivity index (χ1) is 16.9. The lowest BCUT2D eigenvalue weighted by Gasteiger charge is -2.36. The maximum atomic E-state index is 14.8. The van der Waals surface area contributed by atoms with E-state index < -0.39 is 17.2 Å². The number of ether oxygens (including phenoxy) is 1. The number of hydrogen-bond donors (Lipinski definition) is 0. The van der Waals surface area contributed by atoms with Gasteiger partial charge in [-0.3, -0.25) is 9.48 Å². The van der Waals surface area contributed by atoms with Crippen LogP contribution in [-0.2, 0) is 11.8 Å². The van der Waals surface area contributed by atoms with Gasteiger partial charge in [-0.25, -0.2) is 23.4 Å². The highest BCUT2D eigenvalue weighted by Crippen LogP contribution is 2.36. The van der Waals surface area contributed by atoms with E-state index in [9.17, 15) is 13.6 Å². The number of anilines is 1. The van der Waals surface area contributed by atoms with Gasteiger partial charge < -0.3 is 9.64 Å². The molecule has 1 aromatic carbocycles. The van der Waals surface area contributed by atoms with Crippen LogP contribution in [0.4, 0.5) is 14.7 Å². The maximum Gasteiger partial charge on any atom is 0.293 e. The quantitative estimate of drug-likeness (QED) is 0.444. The van der Waals surface area contributed by atoms with Gasteiger partial charge in [-0.2, -0.15) is 10.2 Å². The third kappa shape index (κ3) is 3.95.